The third-order valence-corrected chi connectivity index (χ3v) is 2.53. The average Bonchev–Trinajstić information content (AvgIpc) is 2.18. The summed E-state index contributed by atoms with van der Waals surface area (Å²) in [7, 11) is 0. The summed E-state index contributed by atoms with van der Waals surface area (Å²) in [5.41, 5.74) is 1.17. The normalized spacial score (nSPS) is 19.9. The minimum Gasteiger partial charge on any atom is -0.465 e. The third kappa shape index (κ3) is 1.88. The smallest absolute Gasteiger partial charge is 0.407 e. The summed E-state index contributed by atoms with van der Waals surface area (Å²) in [6.45, 7) is 0.279. The van der Waals surface area contributed by atoms with Gasteiger partial charge in [0.2, 0.25) is 0 Å². The number of halogens is 1. The highest BCUT2D eigenvalue weighted by atomic mass is 35.5. The first-order valence-electron chi connectivity index (χ1n) is 4.39. The Morgan fingerprint density at radius 1 is 1.60 bits per heavy atom. The summed E-state index contributed by atoms with van der Waals surface area (Å²) in [5.74, 6) is 0. The highest BCUT2D eigenvalue weighted by molar-refractivity contribution is 6.29. The largest absolute Gasteiger partial charge is 0.465 e. The molecule has 0 aromatic carbocycles. The molecular weight excluding hydrogens is 220 g/mol. The lowest BCUT2D eigenvalue weighted by Gasteiger charge is -2.29. The number of pyridine rings is 1. The van der Waals surface area contributed by atoms with Crippen molar-refractivity contribution in [2.75, 3.05) is 6.54 Å². The zero-order valence-electron chi connectivity index (χ0n) is 7.72. The Hall–Kier alpha value is -1.33. The molecule has 0 spiro atoms. The number of aliphatic hydroxyl groups is 1. The average molecular weight is 229 g/mol. The molecule has 1 aliphatic heterocycles. The second kappa shape index (κ2) is 3.67. The highest BCUT2D eigenvalue weighted by Crippen LogP contribution is 2.26. The summed E-state index contributed by atoms with van der Waals surface area (Å²) in [5, 5.41) is 18.8. The number of nitrogens with zero attached hydrogens (tertiary/aromatic N) is 2. The van der Waals surface area contributed by atoms with Crippen molar-refractivity contribution in [3.63, 3.8) is 0 Å². The molecule has 0 bridgehead atoms. The van der Waals surface area contributed by atoms with E-state index in [1.807, 2.05) is 0 Å². The number of β-amino-alcohol motifs (C(OH)–C–C–N with tert-alkyl or cyclic N) is 1. The van der Waals surface area contributed by atoms with Gasteiger partial charge in [0, 0.05) is 0 Å². The Kier molecular flexibility index (Phi) is 2.50. The van der Waals surface area contributed by atoms with Crippen LogP contribution in [0.3, 0.4) is 0 Å². The van der Waals surface area contributed by atoms with E-state index in [1.54, 1.807) is 12.1 Å². The molecular formula is C9H9ClN2O3. The molecule has 6 heteroatoms. The molecule has 1 aromatic heterocycles. The number of rotatable bonds is 0. The van der Waals surface area contributed by atoms with E-state index in [4.69, 9.17) is 16.7 Å². The second-order valence-corrected chi connectivity index (χ2v) is 3.74. The number of aromatic nitrogens is 1. The molecule has 1 unspecified atom stereocenters. The molecule has 1 atom stereocenters. The van der Waals surface area contributed by atoms with Crippen LogP contribution < -0.4 is 0 Å². The lowest BCUT2D eigenvalue weighted by molar-refractivity contribution is 0.0791. The minimum absolute atomic E-state index is 0.0374. The molecule has 2 N–H and O–H groups in total. The Balaban J connectivity index is 2.36. The Morgan fingerprint density at radius 2 is 2.33 bits per heavy atom. The molecule has 0 radical (unpaired) electrons. The van der Waals surface area contributed by atoms with Crippen LogP contribution in [0.4, 0.5) is 4.79 Å². The molecule has 80 valence electrons. The van der Waals surface area contributed by atoms with Gasteiger partial charge in [0.1, 0.15) is 11.3 Å². The molecule has 5 nitrogen and oxygen atoms in total. The van der Waals surface area contributed by atoms with Crippen LogP contribution in [0, 0.1) is 0 Å². The van der Waals surface area contributed by atoms with Gasteiger partial charge in [-0.1, -0.05) is 17.7 Å². The van der Waals surface area contributed by atoms with Crippen molar-refractivity contribution in [1.29, 1.82) is 0 Å². The molecule has 0 aliphatic carbocycles. The van der Waals surface area contributed by atoms with Crippen LogP contribution in [0.5, 0.6) is 0 Å². The quantitative estimate of drug-likeness (QED) is 0.656. The Bertz CT molecular complexity index is 410. The predicted molar refractivity (Wildman–Crippen MR) is 52.6 cm³/mol. The number of fused-ring (bicyclic) bond motifs is 1. The molecule has 2 heterocycles. The maximum absolute atomic E-state index is 10.7. The Labute approximate surface area is 90.9 Å². The van der Waals surface area contributed by atoms with E-state index in [0.29, 0.717) is 16.4 Å². The summed E-state index contributed by atoms with van der Waals surface area (Å²) in [6, 6.07) is 3.27. The first-order valence-corrected chi connectivity index (χ1v) is 4.77. The zero-order valence-corrected chi connectivity index (χ0v) is 8.48. The second-order valence-electron chi connectivity index (χ2n) is 3.36. The minimum atomic E-state index is -1.05. The fourth-order valence-electron chi connectivity index (χ4n) is 1.61. The summed E-state index contributed by atoms with van der Waals surface area (Å²) in [6.07, 6.45) is -1.95. The third-order valence-electron chi connectivity index (χ3n) is 2.32. The van der Waals surface area contributed by atoms with E-state index >= 15 is 0 Å². The van der Waals surface area contributed by atoms with Crippen molar-refractivity contribution < 1.29 is 15.0 Å². The monoisotopic (exact) mass is 228 g/mol. The standard InChI is InChI=1S/C9H9ClN2O3/c10-7-2-1-5-3-12(9(14)15)4-6(13)8(5)11-7/h1-2,6,13H,3-4H2,(H,14,15). The van der Waals surface area contributed by atoms with Gasteiger partial charge >= 0.3 is 6.09 Å². The van der Waals surface area contributed by atoms with Gasteiger partial charge in [-0.25, -0.2) is 9.78 Å². The molecule has 1 aliphatic rings. The topological polar surface area (TPSA) is 73.7 Å². The van der Waals surface area contributed by atoms with Crippen molar-refractivity contribution in [2.24, 2.45) is 0 Å². The van der Waals surface area contributed by atoms with Gasteiger partial charge in [0.15, 0.2) is 0 Å². The first kappa shape index (κ1) is 10.2. The summed E-state index contributed by atoms with van der Waals surface area (Å²) >= 11 is 5.69. The van der Waals surface area contributed by atoms with Crippen LogP contribution in [0.25, 0.3) is 0 Å². The van der Waals surface area contributed by atoms with Crippen LogP contribution >= 0.6 is 11.6 Å². The number of carboxylic acid groups (broad SMARTS) is 1. The van der Waals surface area contributed by atoms with Crippen molar-refractivity contribution in [1.82, 2.24) is 9.88 Å². The van der Waals surface area contributed by atoms with Crippen molar-refractivity contribution >= 4 is 17.7 Å². The van der Waals surface area contributed by atoms with E-state index in [9.17, 15) is 9.90 Å². The van der Waals surface area contributed by atoms with Gasteiger partial charge in [-0.2, -0.15) is 0 Å². The van der Waals surface area contributed by atoms with E-state index in [-0.39, 0.29) is 13.1 Å². The van der Waals surface area contributed by atoms with E-state index in [1.165, 1.54) is 0 Å². The number of aliphatic hydroxyl groups excluding tert-OH is 1. The van der Waals surface area contributed by atoms with Crippen molar-refractivity contribution in [3.8, 4) is 0 Å². The summed E-state index contributed by atoms with van der Waals surface area (Å²) < 4.78 is 0. The SMILES string of the molecule is O=C(O)N1Cc2ccc(Cl)nc2C(O)C1. The van der Waals surface area contributed by atoms with Gasteiger partial charge in [0.25, 0.3) is 0 Å². The van der Waals surface area contributed by atoms with Gasteiger partial charge in [-0.05, 0) is 11.6 Å². The predicted octanol–water partition coefficient (Wildman–Crippen LogP) is 1.26. The lowest BCUT2D eigenvalue weighted by atomic mass is 10.0. The fourth-order valence-corrected chi connectivity index (χ4v) is 1.77. The molecule has 2 rings (SSSR count). The van der Waals surface area contributed by atoms with Gasteiger partial charge in [0.05, 0.1) is 18.8 Å². The van der Waals surface area contributed by atoms with E-state index in [0.717, 1.165) is 4.90 Å². The molecule has 0 fully saturated rings. The van der Waals surface area contributed by atoms with Crippen molar-refractivity contribution in [2.45, 2.75) is 12.6 Å². The summed E-state index contributed by atoms with van der Waals surface area (Å²) in [4.78, 5) is 15.9. The van der Waals surface area contributed by atoms with Gasteiger partial charge in [-0.15, -0.1) is 0 Å². The molecule has 1 aromatic rings. The number of hydrogen-bond donors (Lipinski definition) is 2. The maximum Gasteiger partial charge on any atom is 0.407 e. The maximum atomic E-state index is 10.7. The van der Waals surface area contributed by atoms with Crippen LogP contribution in [0.2, 0.25) is 5.15 Å². The van der Waals surface area contributed by atoms with E-state index < -0.39 is 12.2 Å². The van der Waals surface area contributed by atoms with Crippen molar-refractivity contribution in [3.05, 3.63) is 28.5 Å². The number of carbonyl (C=O) groups is 1. The lowest BCUT2D eigenvalue weighted by Crippen LogP contribution is -2.37. The number of hydrogen-bond acceptors (Lipinski definition) is 3. The van der Waals surface area contributed by atoms with Crippen LogP contribution in [-0.4, -0.2) is 32.7 Å². The van der Waals surface area contributed by atoms with Crippen LogP contribution in [-0.2, 0) is 6.54 Å². The number of amides is 1. The van der Waals surface area contributed by atoms with Gasteiger partial charge in [-0.3, -0.25) is 0 Å². The fraction of sp³-hybridized carbons (Fsp3) is 0.333. The van der Waals surface area contributed by atoms with Crippen LogP contribution in [0.15, 0.2) is 12.1 Å². The molecule has 0 saturated heterocycles. The zero-order chi connectivity index (χ0) is 11.0. The first-order chi connectivity index (χ1) is 7.08. The van der Waals surface area contributed by atoms with Gasteiger partial charge < -0.3 is 15.1 Å². The molecule has 0 saturated carbocycles. The molecule has 1 amide bonds. The van der Waals surface area contributed by atoms with Crippen LogP contribution in [0.1, 0.15) is 17.4 Å². The molecule has 15 heavy (non-hydrogen) atoms. The highest BCUT2D eigenvalue weighted by Gasteiger charge is 2.27. The van der Waals surface area contributed by atoms with E-state index in [2.05, 4.69) is 4.98 Å². The Morgan fingerprint density at radius 3 is 3.00 bits per heavy atom.